The lowest BCUT2D eigenvalue weighted by atomic mass is 9.91. The van der Waals surface area contributed by atoms with Crippen molar-refractivity contribution in [2.75, 3.05) is 13.1 Å². The van der Waals surface area contributed by atoms with E-state index in [0.717, 1.165) is 37.4 Å². The first-order valence-corrected chi connectivity index (χ1v) is 7.23. The molecule has 0 fully saturated rings. The molecule has 0 amide bonds. The molecule has 0 atom stereocenters. The first-order valence-electron chi connectivity index (χ1n) is 7.23. The summed E-state index contributed by atoms with van der Waals surface area (Å²) in [4.78, 5) is 0. The molecule has 2 aliphatic rings. The van der Waals surface area contributed by atoms with Gasteiger partial charge < -0.3 is 10.1 Å². The third kappa shape index (κ3) is 1.84. The summed E-state index contributed by atoms with van der Waals surface area (Å²) in [6, 6.07) is 16.8. The monoisotopic (exact) mass is 263 g/mol. The van der Waals surface area contributed by atoms with Crippen LogP contribution in [0.2, 0.25) is 0 Å². The fraction of sp³-hybridized carbons (Fsp3) is 0.222. The van der Waals surface area contributed by atoms with Crippen molar-refractivity contribution in [1.29, 1.82) is 0 Å². The summed E-state index contributed by atoms with van der Waals surface area (Å²) in [5, 5.41) is 3.50. The van der Waals surface area contributed by atoms with Gasteiger partial charge in [0.05, 0.1) is 0 Å². The van der Waals surface area contributed by atoms with Gasteiger partial charge in [0.1, 0.15) is 11.5 Å². The minimum absolute atomic E-state index is 0.979. The van der Waals surface area contributed by atoms with Gasteiger partial charge in [-0.3, -0.25) is 0 Å². The predicted octanol–water partition coefficient (Wildman–Crippen LogP) is 4.09. The molecule has 0 saturated carbocycles. The first kappa shape index (κ1) is 11.7. The molecule has 0 spiro atoms. The van der Waals surface area contributed by atoms with Crippen LogP contribution in [0.4, 0.5) is 0 Å². The number of benzene rings is 2. The molecule has 0 aromatic heterocycles. The van der Waals surface area contributed by atoms with E-state index in [9.17, 15) is 0 Å². The number of para-hydroxylation sites is 2. The molecule has 4 rings (SSSR count). The van der Waals surface area contributed by atoms with Gasteiger partial charge in [-0.25, -0.2) is 0 Å². The third-order valence-corrected chi connectivity index (χ3v) is 4.11. The van der Waals surface area contributed by atoms with E-state index in [1.165, 1.54) is 22.3 Å². The van der Waals surface area contributed by atoms with Crippen LogP contribution < -0.4 is 10.1 Å². The van der Waals surface area contributed by atoms with E-state index in [1.807, 2.05) is 12.1 Å². The fourth-order valence-electron chi connectivity index (χ4n) is 3.18. The Labute approximate surface area is 119 Å². The molecule has 2 heteroatoms. The van der Waals surface area contributed by atoms with Crippen molar-refractivity contribution < 1.29 is 4.74 Å². The van der Waals surface area contributed by atoms with Gasteiger partial charge in [0, 0.05) is 11.1 Å². The molecular weight excluding hydrogens is 246 g/mol. The van der Waals surface area contributed by atoms with Crippen molar-refractivity contribution in [1.82, 2.24) is 5.32 Å². The maximum absolute atomic E-state index is 6.17. The Morgan fingerprint density at radius 1 is 0.700 bits per heavy atom. The largest absolute Gasteiger partial charge is 0.456 e. The van der Waals surface area contributed by atoms with Crippen LogP contribution in [0.5, 0.6) is 11.5 Å². The average Bonchev–Trinajstić information content (AvgIpc) is 2.79. The average molecular weight is 263 g/mol. The summed E-state index contributed by atoms with van der Waals surface area (Å²) < 4.78 is 6.17. The van der Waals surface area contributed by atoms with Gasteiger partial charge in [0.15, 0.2) is 0 Å². The smallest absolute Gasteiger partial charge is 0.134 e. The molecule has 0 radical (unpaired) electrons. The molecule has 2 nitrogen and oxygen atoms in total. The Bertz CT molecular complexity index is 630. The molecule has 2 heterocycles. The molecule has 2 aromatic rings. The molecule has 2 aromatic carbocycles. The Morgan fingerprint density at radius 3 is 1.75 bits per heavy atom. The number of rotatable bonds is 0. The summed E-state index contributed by atoms with van der Waals surface area (Å²) in [7, 11) is 0. The number of fused-ring (bicyclic) bond motifs is 4. The van der Waals surface area contributed by atoms with Crippen molar-refractivity contribution in [3.05, 3.63) is 59.7 Å². The van der Waals surface area contributed by atoms with Gasteiger partial charge in [-0.1, -0.05) is 36.4 Å². The lowest BCUT2D eigenvalue weighted by molar-refractivity contribution is 0.480. The Balaban J connectivity index is 2.01. The Morgan fingerprint density at radius 2 is 1.20 bits per heavy atom. The van der Waals surface area contributed by atoms with Crippen LogP contribution in [0.1, 0.15) is 24.0 Å². The van der Waals surface area contributed by atoms with Gasteiger partial charge in [-0.05, 0) is 49.2 Å². The van der Waals surface area contributed by atoms with Crippen LogP contribution in [-0.2, 0) is 0 Å². The quantitative estimate of drug-likeness (QED) is 0.773. The maximum atomic E-state index is 6.17. The highest BCUT2D eigenvalue weighted by Gasteiger charge is 2.23. The molecule has 0 aliphatic carbocycles. The van der Waals surface area contributed by atoms with E-state index in [-0.39, 0.29) is 0 Å². The maximum Gasteiger partial charge on any atom is 0.134 e. The molecule has 0 saturated heterocycles. The van der Waals surface area contributed by atoms with Crippen molar-refractivity contribution in [3.63, 3.8) is 0 Å². The topological polar surface area (TPSA) is 21.3 Å². The summed E-state index contributed by atoms with van der Waals surface area (Å²) in [6.07, 6.45) is 2.12. The Kier molecular flexibility index (Phi) is 2.82. The molecule has 100 valence electrons. The van der Waals surface area contributed by atoms with Crippen molar-refractivity contribution in [2.45, 2.75) is 12.8 Å². The van der Waals surface area contributed by atoms with E-state index >= 15 is 0 Å². The zero-order valence-electron chi connectivity index (χ0n) is 11.4. The van der Waals surface area contributed by atoms with E-state index < -0.39 is 0 Å². The minimum atomic E-state index is 0.979. The number of nitrogens with one attached hydrogen (secondary N) is 1. The number of hydrogen-bond acceptors (Lipinski definition) is 2. The van der Waals surface area contributed by atoms with E-state index in [4.69, 9.17) is 4.74 Å². The van der Waals surface area contributed by atoms with Crippen molar-refractivity contribution in [2.24, 2.45) is 0 Å². The molecule has 0 unspecified atom stereocenters. The fourth-order valence-corrected chi connectivity index (χ4v) is 3.18. The highest BCUT2D eigenvalue weighted by molar-refractivity contribution is 5.95. The highest BCUT2D eigenvalue weighted by atomic mass is 16.5. The van der Waals surface area contributed by atoms with Crippen LogP contribution in [0.15, 0.2) is 48.5 Å². The van der Waals surface area contributed by atoms with E-state index in [1.54, 1.807) is 0 Å². The zero-order valence-corrected chi connectivity index (χ0v) is 11.4. The standard InChI is InChI=1S/C18H17NO/c1-3-7-17-15(5-1)13-9-11-19-12-10-14(13)16-6-2-4-8-18(16)20-17/h1-8,19H,9-12H2. The minimum Gasteiger partial charge on any atom is -0.456 e. The van der Waals surface area contributed by atoms with Crippen LogP contribution in [0.3, 0.4) is 0 Å². The van der Waals surface area contributed by atoms with Crippen molar-refractivity contribution >= 4 is 11.1 Å². The van der Waals surface area contributed by atoms with Crippen LogP contribution in [0, 0.1) is 0 Å². The lowest BCUT2D eigenvalue weighted by Gasteiger charge is -2.11. The van der Waals surface area contributed by atoms with Crippen LogP contribution in [-0.4, -0.2) is 13.1 Å². The zero-order chi connectivity index (χ0) is 13.4. The number of hydrogen-bond donors (Lipinski definition) is 1. The molecule has 2 aliphatic heterocycles. The predicted molar refractivity (Wildman–Crippen MR) is 81.9 cm³/mol. The third-order valence-electron chi connectivity index (χ3n) is 4.11. The van der Waals surface area contributed by atoms with Gasteiger partial charge in [-0.2, -0.15) is 0 Å². The van der Waals surface area contributed by atoms with Crippen LogP contribution >= 0.6 is 0 Å². The first-order chi connectivity index (χ1) is 9.93. The van der Waals surface area contributed by atoms with Crippen molar-refractivity contribution in [3.8, 4) is 11.5 Å². The molecule has 20 heavy (non-hydrogen) atoms. The normalized spacial score (nSPS) is 17.2. The molecule has 1 N–H and O–H groups in total. The summed E-state index contributed by atoms with van der Waals surface area (Å²) in [6.45, 7) is 2.07. The number of ether oxygens (including phenoxy) is 1. The van der Waals surface area contributed by atoms with Gasteiger partial charge in [-0.15, -0.1) is 0 Å². The molecular formula is C18H17NO. The van der Waals surface area contributed by atoms with Gasteiger partial charge in [0.25, 0.3) is 0 Å². The molecule has 0 bridgehead atoms. The Hall–Kier alpha value is -2.06. The van der Waals surface area contributed by atoms with Gasteiger partial charge >= 0.3 is 0 Å². The van der Waals surface area contributed by atoms with E-state index in [0.29, 0.717) is 0 Å². The SMILES string of the molecule is c1ccc2c(c1)Oc1ccccc1C1=C2CCNCC1. The summed E-state index contributed by atoms with van der Waals surface area (Å²) in [5.41, 5.74) is 5.39. The second-order valence-electron chi connectivity index (χ2n) is 5.30. The van der Waals surface area contributed by atoms with Gasteiger partial charge in [0.2, 0.25) is 0 Å². The highest BCUT2D eigenvalue weighted by Crippen LogP contribution is 2.44. The van der Waals surface area contributed by atoms with Crippen LogP contribution in [0.25, 0.3) is 11.1 Å². The second-order valence-corrected chi connectivity index (χ2v) is 5.30. The lowest BCUT2D eigenvalue weighted by Crippen LogP contribution is -2.14. The second kappa shape index (κ2) is 4.80. The summed E-state index contributed by atoms with van der Waals surface area (Å²) >= 11 is 0. The summed E-state index contributed by atoms with van der Waals surface area (Å²) in [5.74, 6) is 1.96. The van der Waals surface area contributed by atoms with E-state index in [2.05, 4.69) is 41.7 Å².